The molecule has 1 aliphatic heterocycles. The summed E-state index contributed by atoms with van der Waals surface area (Å²) in [6, 6.07) is 8.34. The van der Waals surface area contributed by atoms with Gasteiger partial charge in [-0.25, -0.2) is 10.2 Å². The minimum atomic E-state index is -0.491. The third-order valence-electron chi connectivity index (χ3n) is 3.10. The average molecular weight is 277 g/mol. The van der Waals surface area contributed by atoms with Crippen LogP contribution >= 0.6 is 0 Å². The molecule has 1 aromatic rings. The highest BCUT2D eigenvalue weighted by molar-refractivity contribution is 5.67. The molecule has 5 heteroatoms. The second-order valence-electron chi connectivity index (χ2n) is 5.99. The Balaban J connectivity index is 1.97. The van der Waals surface area contributed by atoms with E-state index in [1.54, 1.807) is 0 Å². The first kappa shape index (κ1) is 14.8. The lowest BCUT2D eigenvalue weighted by molar-refractivity contribution is 0.0486. The molecule has 2 rings (SSSR count). The van der Waals surface area contributed by atoms with E-state index < -0.39 is 11.7 Å². The molecular formula is C15H23N3O2. The van der Waals surface area contributed by atoms with Crippen LogP contribution in [-0.4, -0.2) is 18.2 Å². The Morgan fingerprint density at radius 2 is 2.10 bits per heavy atom. The molecule has 0 spiro atoms. The lowest BCUT2D eigenvalue weighted by Gasteiger charge is -2.23. The zero-order valence-corrected chi connectivity index (χ0v) is 12.3. The van der Waals surface area contributed by atoms with Crippen molar-refractivity contribution in [1.29, 1.82) is 0 Å². The number of amides is 1. The third kappa shape index (κ3) is 4.21. The second kappa shape index (κ2) is 6.24. The highest BCUT2D eigenvalue weighted by Gasteiger charge is 2.20. The summed E-state index contributed by atoms with van der Waals surface area (Å²) < 4.78 is 5.22. The van der Waals surface area contributed by atoms with Crippen LogP contribution in [0.5, 0.6) is 0 Å². The fourth-order valence-corrected chi connectivity index (χ4v) is 2.26. The molecule has 1 unspecified atom stereocenters. The van der Waals surface area contributed by atoms with Crippen LogP contribution < -0.4 is 16.2 Å². The first-order valence-electron chi connectivity index (χ1n) is 6.99. The van der Waals surface area contributed by atoms with E-state index in [0.29, 0.717) is 0 Å². The van der Waals surface area contributed by atoms with E-state index >= 15 is 0 Å². The molecule has 110 valence electrons. The Morgan fingerprint density at radius 1 is 1.35 bits per heavy atom. The Labute approximate surface area is 120 Å². The number of hydrazine groups is 1. The van der Waals surface area contributed by atoms with Gasteiger partial charge in [0.25, 0.3) is 0 Å². The molecule has 0 saturated heterocycles. The lowest BCUT2D eigenvalue weighted by atomic mass is 10.00. The van der Waals surface area contributed by atoms with Gasteiger partial charge in [0.15, 0.2) is 0 Å². The number of hydrogen-bond donors (Lipinski definition) is 3. The quantitative estimate of drug-likeness (QED) is 0.726. The monoisotopic (exact) mass is 277 g/mol. The topological polar surface area (TPSA) is 62.4 Å². The van der Waals surface area contributed by atoms with Crippen molar-refractivity contribution < 1.29 is 9.53 Å². The number of carbonyl (C=O) groups is 1. The number of nitrogens with one attached hydrogen (secondary N) is 3. The van der Waals surface area contributed by atoms with Gasteiger partial charge in [-0.1, -0.05) is 24.3 Å². The summed E-state index contributed by atoms with van der Waals surface area (Å²) in [6.45, 7) is 7.30. The van der Waals surface area contributed by atoms with Gasteiger partial charge in [-0.15, -0.1) is 0 Å². The fraction of sp³-hybridized carbons (Fsp3) is 0.533. The van der Waals surface area contributed by atoms with Crippen LogP contribution in [0.1, 0.15) is 44.4 Å². The zero-order chi connectivity index (χ0) is 14.6. The minimum Gasteiger partial charge on any atom is -0.443 e. The van der Waals surface area contributed by atoms with E-state index in [-0.39, 0.29) is 6.04 Å². The third-order valence-corrected chi connectivity index (χ3v) is 3.10. The van der Waals surface area contributed by atoms with Crippen LogP contribution in [0.2, 0.25) is 0 Å². The number of carbonyl (C=O) groups excluding carboxylic acids is 1. The maximum atomic E-state index is 11.7. The van der Waals surface area contributed by atoms with Crippen molar-refractivity contribution in [2.24, 2.45) is 0 Å². The molecular weight excluding hydrogens is 254 g/mol. The number of hydrogen-bond acceptors (Lipinski definition) is 4. The lowest BCUT2D eigenvalue weighted by Crippen LogP contribution is -2.43. The molecule has 0 saturated carbocycles. The van der Waals surface area contributed by atoms with E-state index in [1.165, 1.54) is 11.1 Å². The molecule has 5 nitrogen and oxygen atoms in total. The SMILES string of the molecule is CC(C)(C)OC(=O)NNC1CCNCc2ccccc21. The summed E-state index contributed by atoms with van der Waals surface area (Å²) in [4.78, 5) is 11.7. The highest BCUT2D eigenvalue weighted by Crippen LogP contribution is 2.22. The second-order valence-corrected chi connectivity index (χ2v) is 5.99. The number of benzene rings is 1. The van der Waals surface area contributed by atoms with E-state index in [2.05, 4.69) is 28.3 Å². The van der Waals surface area contributed by atoms with Crippen molar-refractivity contribution in [3.63, 3.8) is 0 Å². The molecule has 1 aromatic carbocycles. The van der Waals surface area contributed by atoms with Crippen LogP contribution in [0.25, 0.3) is 0 Å². The molecule has 20 heavy (non-hydrogen) atoms. The predicted molar refractivity (Wildman–Crippen MR) is 78.0 cm³/mol. The number of ether oxygens (including phenoxy) is 1. The Kier molecular flexibility index (Phi) is 4.62. The summed E-state index contributed by atoms with van der Waals surface area (Å²) >= 11 is 0. The van der Waals surface area contributed by atoms with Gasteiger partial charge in [-0.2, -0.15) is 0 Å². The van der Waals surface area contributed by atoms with Gasteiger partial charge < -0.3 is 10.1 Å². The first-order chi connectivity index (χ1) is 9.46. The van der Waals surface area contributed by atoms with Gasteiger partial charge in [0.05, 0.1) is 6.04 Å². The smallest absolute Gasteiger partial charge is 0.422 e. The van der Waals surface area contributed by atoms with Crippen LogP contribution in [0.3, 0.4) is 0 Å². The van der Waals surface area contributed by atoms with Crippen molar-refractivity contribution >= 4 is 6.09 Å². The predicted octanol–water partition coefficient (Wildman–Crippen LogP) is 2.25. The zero-order valence-electron chi connectivity index (χ0n) is 12.3. The van der Waals surface area contributed by atoms with Crippen LogP contribution in [0, 0.1) is 0 Å². The van der Waals surface area contributed by atoms with Crippen molar-refractivity contribution in [2.75, 3.05) is 6.54 Å². The summed E-state index contributed by atoms with van der Waals surface area (Å²) in [7, 11) is 0. The van der Waals surface area contributed by atoms with E-state index in [4.69, 9.17) is 4.74 Å². The van der Waals surface area contributed by atoms with Crippen molar-refractivity contribution in [3.05, 3.63) is 35.4 Å². The van der Waals surface area contributed by atoms with Crippen molar-refractivity contribution in [2.45, 2.75) is 45.4 Å². The molecule has 0 bridgehead atoms. The highest BCUT2D eigenvalue weighted by atomic mass is 16.6. The van der Waals surface area contributed by atoms with E-state index in [0.717, 1.165) is 19.5 Å². The van der Waals surface area contributed by atoms with Gasteiger partial charge in [0, 0.05) is 6.54 Å². The molecule has 1 heterocycles. The maximum absolute atomic E-state index is 11.7. The molecule has 1 atom stereocenters. The van der Waals surface area contributed by atoms with Gasteiger partial charge >= 0.3 is 6.09 Å². The Hall–Kier alpha value is -1.59. The van der Waals surface area contributed by atoms with Crippen LogP contribution in [0.15, 0.2) is 24.3 Å². The van der Waals surface area contributed by atoms with Crippen molar-refractivity contribution in [1.82, 2.24) is 16.2 Å². The van der Waals surface area contributed by atoms with Gasteiger partial charge in [0.2, 0.25) is 0 Å². The molecule has 0 radical (unpaired) electrons. The number of fused-ring (bicyclic) bond motifs is 1. The van der Waals surface area contributed by atoms with Crippen molar-refractivity contribution in [3.8, 4) is 0 Å². The summed E-state index contributed by atoms with van der Waals surface area (Å²) in [6.07, 6.45) is 0.458. The molecule has 3 N–H and O–H groups in total. The maximum Gasteiger partial charge on any atom is 0.422 e. The molecule has 1 amide bonds. The van der Waals surface area contributed by atoms with Crippen LogP contribution in [0.4, 0.5) is 4.79 Å². The van der Waals surface area contributed by atoms with E-state index in [9.17, 15) is 4.79 Å². The van der Waals surface area contributed by atoms with E-state index in [1.807, 2.05) is 32.9 Å². The standard InChI is InChI=1S/C15H23N3O2/c1-15(2,3)20-14(19)18-17-13-8-9-16-10-11-6-4-5-7-12(11)13/h4-7,13,16-17H,8-10H2,1-3H3,(H,18,19). The van der Waals surface area contributed by atoms with Gasteiger partial charge in [0.1, 0.15) is 5.60 Å². The normalized spacial score (nSPS) is 18.9. The fourth-order valence-electron chi connectivity index (χ4n) is 2.26. The average Bonchev–Trinajstić information content (AvgIpc) is 2.56. The first-order valence-corrected chi connectivity index (χ1v) is 6.99. The van der Waals surface area contributed by atoms with Gasteiger partial charge in [-0.05, 0) is 44.9 Å². The number of rotatable bonds is 2. The molecule has 0 aliphatic carbocycles. The summed E-state index contributed by atoms with van der Waals surface area (Å²) in [5, 5.41) is 3.38. The molecule has 1 aliphatic rings. The molecule has 0 fully saturated rings. The molecule has 0 aromatic heterocycles. The minimum absolute atomic E-state index is 0.0914. The Bertz CT molecular complexity index is 468. The summed E-state index contributed by atoms with van der Waals surface area (Å²) in [5.74, 6) is 0. The Morgan fingerprint density at radius 3 is 2.85 bits per heavy atom. The largest absolute Gasteiger partial charge is 0.443 e. The summed E-state index contributed by atoms with van der Waals surface area (Å²) in [5.41, 5.74) is 7.70. The van der Waals surface area contributed by atoms with Crippen LogP contribution in [-0.2, 0) is 11.3 Å². The van der Waals surface area contributed by atoms with Gasteiger partial charge in [-0.3, -0.25) is 5.43 Å².